The number of carbonyl (C=O) groups is 1. The van der Waals surface area contributed by atoms with Crippen LogP contribution in [-0.2, 0) is 20.7 Å². The first-order chi connectivity index (χ1) is 19.0. The molecule has 1 saturated heterocycles. The van der Waals surface area contributed by atoms with Crippen LogP contribution in [0.4, 0.5) is 0 Å². The number of rotatable bonds is 8. The molecule has 0 aliphatic carbocycles. The Labute approximate surface area is 229 Å². The summed E-state index contributed by atoms with van der Waals surface area (Å²) in [4.78, 5) is 26.0. The molecule has 2 heterocycles. The van der Waals surface area contributed by atoms with Gasteiger partial charge in [0.25, 0.3) is 0 Å². The Kier molecular flexibility index (Phi) is 8.92. The number of methoxy groups -OCH3 is 1. The average molecular weight is 557 g/mol. The van der Waals surface area contributed by atoms with Gasteiger partial charge in [-0.05, 0) is 49.2 Å². The van der Waals surface area contributed by atoms with Crippen LogP contribution in [0.25, 0.3) is 17.0 Å². The standard InChI is InChI=1S/C29H32O11/c1-14-10-20(37-3)24(27-23(14)19(33)12-18(38-27)11-15(2)31)28-29(26(36)25(35)21(13-30)39-28)40-22(34)9-6-16-4-7-17(32)8-5-16/h4-10,12,15,21,25-26,28-32,35-36H,11,13H2,1-3H3/b9-6+/t15-,21-,25-,26+,28+,29-/m1/s1. The van der Waals surface area contributed by atoms with E-state index in [1.54, 1.807) is 25.1 Å². The predicted molar refractivity (Wildman–Crippen MR) is 143 cm³/mol. The smallest absolute Gasteiger partial charge is 0.331 e. The summed E-state index contributed by atoms with van der Waals surface area (Å²) >= 11 is 0. The van der Waals surface area contributed by atoms with E-state index in [9.17, 15) is 35.1 Å². The second kappa shape index (κ2) is 12.2. The van der Waals surface area contributed by atoms with Crippen molar-refractivity contribution < 1.29 is 49.0 Å². The number of hydrogen-bond acceptors (Lipinski definition) is 11. The largest absolute Gasteiger partial charge is 0.508 e. The molecule has 4 rings (SSSR count). The number of esters is 1. The average Bonchev–Trinajstić information content (AvgIpc) is 2.90. The molecule has 11 heteroatoms. The lowest BCUT2D eigenvalue weighted by Gasteiger charge is -2.42. The summed E-state index contributed by atoms with van der Waals surface area (Å²) in [6.07, 6.45) is -5.68. The van der Waals surface area contributed by atoms with Gasteiger partial charge in [0.05, 0.1) is 30.8 Å². The molecule has 11 nitrogen and oxygen atoms in total. The van der Waals surface area contributed by atoms with E-state index < -0.39 is 54.6 Å². The molecule has 5 N–H and O–H groups in total. The summed E-state index contributed by atoms with van der Waals surface area (Å²) in [6, 6.07) is 8.89. The summed E-state index contributed by atoms with van der Waals surface area (Å²) in [5, 5.41) is 51.0. The van der Waals surface area contributed by atoms with Crippen LogP contribution < -0.4 is 10.2 Å². The number of aliphatic hydroxyl groups is 4. The first-order valence-corrected chi connectivity index (χ1v) is 12.7. The van der Waals surface area contributed by atoms with E-state index in [4.69, 9.17) is 18.6 Å². The zero-order valence-electron chi connectivity index (χ0n) is 22.2. The topological polar surface area (TPSA) is 176 Å². The first kappa shape index (κ1) is 29.2. The highest BCUT2D eigenvalue weighted by Crippen LogP contribution is 2.43. The van der Waals surface area contributed by atoms with Gasteiger partial charge < -0.3 is 44.2 Å². The predicted octanol–water partition coefficient (Wildman–Crippen LogP) is 1.52. The second-order valence-electron chi connectivity index (χ2n) is 9.73. The minimum absolute atomic E-state index is 0.0333. The zero-order valence-corrected chi connectivity index (χ0v) is 22.2. The van der Waals surface area contributed by atoms with Gasteiger partial charge in [-0.1, -0.05) is 12.1 Å². The number of hydrogen-bond donors (Lipinski definition) is 5. The van der Waals surface area contributed by atoms with Crippen molar-refractivity contribution >= 4 is 23.0 Å². The van der Waals surface area contributed by atoms with E-state index in [2.05, 4.69) is 0 Å². The number of carbonyl (C=O) groups excluding carboxylic acids is 1. The summed E-state index contributed by atoms with van der Waals surface area (Å²) in [6.45, 7) is 2.55. The molecule has 214 valence electrons. The highest BCUT2D eigenvalue weighted by Gasteiger charge is 2.49. The summed E-state index contributed by atoms with van der Waals surface area (Å²) in [5.41, 5.74) is 0.876. The fourth-order valence-electron chi connectivity index (χ4n) is 4.77. The van der Waals surface area contributed by atoms with Crippen molar-refractivity contribution in [3.63, 3.8) is 0 Å². The second-order valence-corrected chi connectivity index (χ2v) is 9.73. The summed E-state index contributed by atoms with van der Waals surface area (Å²) in [7, 11) is 1.38. The molecule has 2 aromatic carbocycles. The highest BCUT2D eigenvalue weighted by molar-refractivity contribution is 5.88. The normalized spacial score (nSPS) is 23.8. The Morgan fingerprint density at radius 2 is 1.85 bits per heavy atom. The van der Waals surface area contributed by atoms with E-state index in [1.807, 2.05) is 0 Å². The SMILES string of the molecule is COc1cc(C)c2c(=O)cc(C[C@@H](C)O)oc2c1[C@@H]1O[C@H](CO)[C@@H](O)[C@H](O)[C@H]1OC(=O)/C=C/c1ccc(O)cc1. The lowest BCUT2D eigenvalue weighted by atomic mass is 9.89. The molecule has 0 spiro atoms. The zero-order chi connectivity index (χ0) is 29.1. The third kappa shape index (κ3) is 6.03. The molecular formula is C29H32O11. The molecule has 1 aromatic heterocycles. The molecule has 40 heavy (non-hydrogen) atoms. The number of phenols is 1. The van der Waals surface area contributed by atoms with Crippen molar-refractivity contribution in [2.75, 3.05) is 13.7 Å². The molecule has 1 fully saturated rings. The fraction of sp³-hybridized carbons (Fsp3) is 0.379. The molecule has 0 unspecified atom stereocenters. The van der Waals surface area contributed by atoms with Crippen LogP contribution in [0.2, 0.25) is 0 Å². The molecule has 1 aliphatic rings. The van der Waals surface area contributed by atoms with Crippen LogP contribution in [0, 0.1) is 6.92 Å². The van der Waals surface area contributed by atoms with Crippen molar-refractivity contribution in [3.8, 4) is 11.5 Å². The van der Waals surface area contributed by atoms with E-state index in [0.717, 1.165) is 6.08 Å². The number of phenolic OH excluding ortho intramolecular Hbond substituents is 1. The third-order valence-electron chi connectivity index (χ3n) is 6.68. The molecule has 6 atom stereocenters. The Hall–Kier alpha value is -3.74. The summed E-state index contributed by atoms with van der Waals surface area (Å²) in [5.74, 6) is -0.456. The maximum atomic E-state index is 13.1. The van der Waals surface area contributed by atoms with Crippen molar-refractivity contribution in [2.24, 2.45) is 0 Å². The van der Waals surface area contributed by atoms with Gasteiger partial charge in [-0.15, -0.1) is 0 Å². The van der Waals surface area contributed by atoms with Crippen LogP contribution in [0.5, 0.6) is 11.5 Å². The minimum Gasteiger partial charge on any atom is -0.508 e. The minimum atomic E-state index is -1.70. The quantitative estimate of drug-likeness (QED) is 0.201. The van der Waals surface area contributed by atoms with Gasteiger partial charge in [-0.2, -0.15) is 0 Å². The summed E-state index contributed by atoms with van der Waals surface area (Å²) < 4.78 is 23.2. The first-order valence-electron chi connectivity index (χ1n) is 12.7. The van der Waals surface area contributed by atoms with Crippen LogP contribution in [0.3, 0.4) is 0 Å². The van der Waals surface area contributed by atoms with Gasteiger partial charge >= 0.3 is 5.97 Å². The maximum absolute atomic E-state index is 13.1. The van der Waals surface area contributed by atoms with Crippen LogP contribution in [0.15, 0.2) is 51.7 Å². The third-order valence-corrected chi connectivity index (χ3v) is 6.68. The Balaban J connectivity index is 1.83. The number of ether oxygens (including phenoxy) is 3. The number of aryl methyl sites for hydroxylation is 1. The lowest BCUT2D eigenvalue weighted by molar-refractivity contribution is -0.239. The van der Waals surface area contributed by atoms with Gasteiger partial charge in [0.1, 0.15) is 47.3 Å². The Morgan fingerprint density at radius 1 is 1.15 bits per heavy atom. The fourth-order valence-corrected chi connectivity index (χ4v) is 4.77. The Bertz CT molecular complexity index is 1440. The highest BCUT2D eigenvalue weighted by atomic mass is 16.6. The van der Waals surface area contributed by atoms with Gasteiger partial charge in [0, 0.05) is 18.6 Å². The van der Waals surface area contributed by atoms with Crippen LogP contribution >= 0.6 is 0 Å². The molecule has 0 amide bonds. The van der Waals surface area contributed by atoms with Crippen molar-refractivity contribution in [1.82, 2.24) is 0 Å². The number of aromatic hydroxyl groups is 1. The van der Waals surface area contributed by atoms with Crippen molar-refractivity contribution in [1.29, 1.82) is 0 Å². The van der Waals surface area contributed by atoms with Crippen molar-refractivity contribution in [2.45, 2.75) is 56.9 Å². The molecule has 0 bridgehead atoms. The lowest BCUT2D eigenvalue weighted by Crippen LogP contribution is -2.56. The molecule has 0 radical (unpaired) electrons. The van der Waals surface area contributed by atoms with Crippen LogP contribution in [0.1, 0.15) is 35.5 Å². The molecule has 1 aliphatic heterocycles. The van der Waals surface area contributed by atoms with Crippen LogP contribution in [-0.4, -0.2) is 75.7 Å². The maximum Gasteiger partial charge on any atom is 0.331 e. The van der Waals surface area contributed by atoms with Gasteiger partial charge in [0.15, 0.2) is 11.5 Å². The van der Waals surface area contributed by atoms with Gasteiger partial charge in [0.2, 0.25) is 0 Å². The number of fused-ring (bicyclic) bond motifs is 1. The van der Waals surface area contributed by atoms with Gasteiger partial charge in [-0.3, -0.25) is 4.79 Å². The number of benzene rings is 2. The number of aliphatic hydroxyl groups excluding tert-OH is 4. The monoisotopic (exact) mass is 556 g/mol. The van der Waals surface area contributed by atoms with Gasteiger partial charge in [-0.25, -0.2) is 4.79 Å². The van der Waals surface area contributed by atoms with E-state index >= 15 is 0 Å². The Morgan fingerprint density at radius 3 is 2.48 bits per heavy atom. The molecular weight excluding hydrogens is 524 g/mol. The van der Waals surface area contributed by atoms with E-state index in [-0.39, 0.29) is 40.2 Å². The van der Waals surface area contributed by atoms with Crippen molar-refractivity contribution in [3.05, 3.63) is 75.1 Å². The molecule has 3 aromatic rings. The van der Waals surface area contributed by atoms with E-state index in [0.29, 0.717) is 11.1 Å². The molecule has 0 saturated carbocycles. The van der Waals surface area contributed by atoms with E-state index in [1.165, 1.54) is 38.3 Å².